The molecule has 0 aromatic heterocycles. The Balaban J connectivity index is 1.39. The molecule has 2 aromatic rings. The van der Waals surface area contributed by atoms with Gasteiger partial charge in [0.2, 0.25) is 5.91 Å². The van der Waals surface area contributed by atoms with Crippen molar-refractivity contribution in [1.29, 1.82) is 0 Å². The largest absolute Gasteiger partial charge is 0.497 e. The number of ether oxygens (including phenoxy) is 2. The van der Waals surface area contributed by atoms with E-state index in [0.717, 1.165) is 51.9 Å². The van der Waals surface area contributed by atoms with Gasteiger partial charge in [-0.1, -0.05) is 42.5 Å². The standard InChI is InChI=1S/C30H38N4O4/c1-37-24-10-11-25-26(20-24)38-19-6-5-12-30(13-7-16-32-30)28(36)33-29(22-31-27(25)35)14-17-34(18-15-29)21-23-8-3-2-4-9-23/h2-6,8-11,20,32H,7,12-19,21-22H2,1H3,(H,31,35)(H,33,36)/b6-5-. The molecule has 2 fully saturated rings. The van der Waals surface area contributed by atoms with Crippen LogP contribution in [-0.4, -0.2) is 67.7 Å². The molecule has 2 saturated heterocycles. The molecule has 202 valence electrons. The van der Waals surface area contributed by atoms with E-state index in [1.807, 2.05) is 18.2 Å². The fourth-order valence-corrected chi connectivity index (χ4v) is 5.73. The molecule has 0 aliphatic carbocycles. The smallest absolute Gasteiger partial charge is 0.255 e. The van der Waals surface area contributed by atoms with Gasteiger partial charge in [0.25, 0.3) is 5.91 Å². The number of hydrogen-bond donors (Lipinski definition) is 3. The highest BCUT2D eigenvalue weighted by molar-refractivity contribution is 5.97. The second-order valence-electron chi connectivity index (χ2n) is 10.6. The van der Waals surface area contributed by atoms with Gasteiger partial charge in [0.1, 0.15) is 23.6 Å². The molecule has 1 unspecified atom stereocenters. The van der Waals surface area contributed by atoms with Gasteiger partial charge in [0.15, 0.2) is 0 Å². The zero-order valence-electron chi connectivity index (χ0n) is 22.1. The summed E-state index contributed by atoms with van der Waals surface area (Å²) >= 11 is 0. The Morgan fingerprint density at radius 1 is 1.03 bits per heavy atom. The van der Waals surface area contributed by atoms with Crippen LogP contribution in [0.1, 0.15) is 48.0 Å². The highest BCUT2D eigenvalue weighted by Gasteiger charge is 2.45. The zero-order chi connectivity index (χ0) is 26.4. The SMILES string of the molecule is COc1ccc2c(c1)OC/C=C\CC1(CCCN1)C(=O)NC1(CCN(Cc3ccccc3)CC1)CNC2=O. The summed E-state index contributed by atoms with van der Waals surface area (Å²) in [6.07, 6.45) is 7.77. The molecule has 2 amide bonds. The van der Waals surface area contributed by atoms with Gasteiger partial charge in [-0.15, -0.1) is 0 Å². The van der Waals surface area contributed by atoms with Crippen molar-refractivity contribution in [2.24, 2.45) is 0 Å². The second kappa shape index (κ2) is 11.6. The van der Waals surface area contributed by atoms with Crippen LogP contribution in [0.2, 0.25) is 0 Å². The van der Waals surface area contributed by atoms with E-state index in [2.05, 4.69) is 45.1 Å². The zero-order valence-corrected chi connectivity index (χ0v) is 22.1. The molecule has 1 atom stereocenters. The first-order chi connectivity index (χ1) is 18.5. The maximum Gasteiger partial charge on any atom is 0.255 e. The number of carbonyl (C=O) groups is 2. The molecule has 2 aromatic carbocycles. The van der Waals surface area contributed by atoms with Crippen molar-refractivity contribution in [3.8, 4) is 11.5 Å². The van der Waals surface area contributed by atoms with Crippen LogP contribution in [0, 0.1) is 0 Å². The Bertz CT molecular complexity index is 1150. The number of piperidine rings is 1. The monoisotopic (exact) mass is 518 g/mol. The number of fused-ring (bicyclic) bond motifs is 1. The lowest BCUT2D eigenvalue weighted by Crippen LogP contribution is -2.65. The molecule has 3 aliphatic heterocycles. The van der Waals surface area contributed by atoms with Crippen molar-refractivity contribution < 1.29 is 19.1 Å². The Labute approximate surface area is 224 Å². The Morgan fingerprint density at radius 2 is 1.84 bits per heavy atom. The topological polar surface area (TPSA) is 91.9 Å². The molecule has 0 saturated carbocycles. The number of hydrogen-bond acceptors (Lipinski definition) is 6. The minimum Gasteiger partial charge on any atom is -0.497 e. The number of benzene rings is 2. The normalized spacial score (nSPS) is 25.1. The lowest BCUT2D eigenvalue weighted by molar-refractivity contribution is -0.129. The number of carbonyl (C=O) groups excluding carboxylic acids is 2. The van der Waals surface area contributed by atoms with Gasteiger partial charge in [-0.2, -0.15) is 0 Å². The first kappa shape index (κ1) is 26.3. The van der Waals surface area contributed by atoms with Gasteiger partial charge in [0.05, 0.1) is 18.2 Å². The van der Waals surface area contributed by atoms with Crippen molar-refractivity contribution in [3.05, 3.63) is 71.8 Å². The van der Waals surface area contributed by atoms with E-state index in [-0.39, 0.29) is 11.8 Å². The van der Waals surface area contributed by atoms with Gasteiger partial charge >= 0.3 is 0 Å². The first-order valence-electron chi connectivity index (χ1n) is 13.6. The lowest BCUT2D eigenvalue weighted by atomic mass is 9.84. The van der Waals surface area contributed by atoms with Crippen LogP contribution in [0.3, 0.4) is 0 Å². The molecule has 8 heteroatoms. The fourth-order valence-electron chi connectivity index (χ4n) is 5.73. The van der Waals surface area contributed by atoms with Crippen LogP contribution in [-0.2, 0) is 11.3 Å². The summed E-state index contributed by atoms with van der Waals surface area (Å²) in [6.45, 7) is 4.02. The molecule has 2 spiro atoms. The van der Waals surface area contributed by atoms with Crippen LogP contribution in [0.25, 0.3) is 0 Å². The Hall–Kier alpha value is -3.36. The van der Waals surface area contributed by atoms with Crippen molar-refractivity contribution >= 4 is 11.8 Å². The highest BCUT2D eigenvalue weighted by Crippen LogP contribution is 2.30. The van der Waals surface area contributed by atoms with E-state index < -0.39 is 11.1 Å². The third-order valence-electron chi connectivity index (χ3n) is 8.11. The molecular weight excluding hydrogens is 480 g/mol. The van der Waals surface area contributed by atoms with Gasteiger partial charge in [-0.05, 0) is 56.3 Å². The summed E-state index contributed by atoms with van der Waals surface area (Å²) in [5, 5.41) is 10.0. The van der Waals surface area contributed by atoms with Crippen LogP contribution in [0.15, 0.2) is 60.7 Å². The van der Waals surface area contributed by atoms with Gasteiger partial charge < -0.3 is 25.4 Å². The fraction of sp³-hybridized carbons (Fsp3) is 0.467. The molecule has 3 aliphatic rings. The number of nitrogens with one attached hydrogen (secondary N) is 3. The average molecular weight is 519 g/mol. The first-order valence-corrected chi connectivity index (χ1v) is 13.6. The lowest BCUT2D eigenvalue weighted by Gasteiger charge is -2.44. The van der Waals surface area contributed by atoms with Crippen molar-refractivity contribution in [1.82, 2.24) is 20.9 Å². The molecule has 0 radical (unpaired) electrons. The number of amides is 2. The Kier molecular flexibility index (Phi) is 8.00. The molecule has 3 heterocycles. The summed E-state index contributed by atoms with van der Waals surface area (Å²) in [5.74, 6) is 0.907. The van der Waals surface area contributed by atoms with Crippen LogP contribution < -0.4 is 25.4 Å². The van der Waals surface area contributed by atoms with E-state index in [1.54, 1.807) is 25.3 Å². The Morgan fingerprint density at radius 3 is 2.58 bits per heavy atom. The third-order valence-corrected chi connectivity index (χ3v) is 8.11. The molecule has 8 nitrogen and oxygen atoms in total. The predicted molar refractivity (Wildman–Crippen MR) is 146 cm³/mol. The highest BCUT2D eigenvalue weighted by atomic mass is 16.5. The molecule has 38 heavy (non-hydrogen) atoms. The summed E-state index contributed by atoms with van der Waals surface area (Å²) in [4.78, 5) is 29.6. The van der Waals surface area contributed by atoms with Gasteiger partial charge in [-0.3, -0.25) is 14.5 Å². The minimum absolute atomic E-state index is 0.0218. The quantitative estimate of drug-likeness (QED) is 0.541. The number of nitrogens with zero attached hydrogens (tertiary/aromatic N) is 1. The maximum atomic E-state index is 13.8. The van der Waals surface area contributed by atoms with Crippen molar-refractivity contribution in [2.75, 3.05) is 39.9 Å². The predicted octanol–water partition coefficient (Wildman–Crippen LogP) is 3.04. The van der Waals surface area contributed by atoms with E-state index in [9.17, 15) is 9.59 Å². The van der Waals surface area contributed by atoms with E-state index >= 15 is 0 Å². The summed E-state index contributed by atoms with van der Waals surface area (Å²) in [5.41, 5.74) is 0.561. The molecular formula is C30H38N4O4. The third kappa shape index (κ3) is 5.87. The van der Waals surface area contributed by atoms with Crippen molar-refractivity contribution in [3.63, 3.8) is 0 Å². The summed E-state index contributed by atoms with van der Waals surface area (Å²) in [7, 11) is 1.59. The van der Waals surface area contributed by atoms with Crippen molar-refractivity contribution in [2.45, 2.75) is 49.7 Å². The summed E-state index contributed by atoms with van der Waals surface area (Å²) in [6, 6.07) is 15.7. The number of methoxy groups -OCH3 is 1. The molecule has 0 bridgehead atoms. The number of likely N-dealkylation sites (tertiary alicyclic amines) is 1. The van der Waals surface area contributed by atoms with Crippen LogP contribution in [0.5, 0.6) is 11.5 Å². The molecule has 5 rings (SSSR count). The maximum absolute atomic E-state index is 13.8. The molecule has 3 N–H and O–H groups in total. The minimum atomic E-state index is -0.639. The average Bonchev–Trinajstić information content (AvgIpc) is 3.43. The van der Waals surface area contributed by atoms with Crippen LogP contribution >= 0.6 is 0 Å². The van der Waals surface area contributed by atoms with Gasteiger partial charge in [-0.25, -0.2) is 0 Å². The second-order valence-corrected chi connectivity index (χ2v) is 10.6. The number of rotatable bonds is 3. The van der Waals surface area contributed by atoms with Crippen LogP contribution in [0.4, 0.5) is 0 Å². The van der Waals surface area contributed by atoms with E-state index in [0.29, 0.717) is 36.6 Å². The van der Waals surface area contributed by atoms with E-state index in [1.165, 1.54) is 5.56 Å². The van der Waals surface area contributed by atoms with Gasteiger partial charge in [0, 0.05) is 32.2 Å². The summed E-state index contributed by atoms with van der Waals surface area (Å²) < 4.78 is 11.3. The van der Waals surface area contributed by atoms with E-state index in [4.69, 9.17) is 9.47 Å².